The maximum absolute atomic E-state index is 6.40. The molecule has 2 N–H and O–H groups in total. The minimum absolute atomic E-state index is 0.412. The Labute approximate surface area is 123 Å². The molecule has 1 aromatic carbocycles. The lowest BCUT2D eigenvalue weighted by Crippen LogP contribution is -2.26. The summed E-state index contributed by atoms with van der Waals surface area (Å²) in [6.07, 6.45) is 1.75. The molecule has 1 aromatic heterocycles. The number of fused-ring (bicyclic) bond motifs is 1. The third kappa shape index (κ3) is 2.44. The van der Waals surface area contributed by atoms with Crippen molar-refractivity contribution in [2.75, 3.05) is 18.1 Å². The van der Waals surface area contributed by atoms with Crippen LogP contribution in [0.3, 0.4) is 0 Å². The normalized spacial score (nSPS) is 14.4. The van der Waals surface area contributed by atoms with Crippen LogP contribution in [0.4, 0.5) is 5.82 Å². The number of nitrogens with two attached hydrogens (primary N) is 1. The number of rotatable bonds is 2. The minimum Gasteiger partial charge on any atom is -0.491 e. The number of anilines is 1. The SMILES string of the molecule is NCc1ccnc(N2CCOc3ccccc3C2)c1Cl. The lowest BCUT2D eigenvalue weighted by atomic mass is 10.2. The van der Waals surface area contributed by atoms with Crippen molar-refractivity contribution in [3.05, 3.63) is 52.7 Å². The summed E-state index contributed by atoms with van der Waals surface area (Å²) < 4.78 is 5.76. The van der Waals surface area contributed by atoms with Crippen molar-refractivity contribution in [3.8, 4) is 5.75 Å². The summed E-state index contributed by atoms with van der Waals surface area (Å²) in [6, 6.07) is 9.90. The maximum Gasteiger partial charge on any atom is 0.148 e. The second kappa shape index (κ2) is 5.69. The molecule has 0 bridgehead atoms. The molecule has 4 nitrogen and oxygen atoms in total. The molecule has 0 saturated heterocycles. The summed E-state index contributed by atoms with van der Waals surface area (Å²) >= 11 is 6.40. The van der Waals surface area contributed by atoms with E-state index in [0.717, 1.165) is 35.8 Å². The number of hydrogen-bond acceptors (Lipinski definition) is 4. The number of benzene rings is 1. The van der Waals surface area contributed by atoms with Gasteiger partial charge in [0.2, 0.25) is 0 Å². The standard InChI is InChI=1S/C15H16ClN3O/c16-14-11(9-17)5-6-18-15(14)19-7-8-20-13-4-2-1-3-12(13)10-19/h1-6H,7-10,17H2. The van der Waals surface area contributed by atoms with Crippen LogP contribution < -0.4 is 15.4 Å². The van der Waals surface area contributed by atoms with E-state index in [0.29, 0.717) is 18.2 Å². The van der Waals surface area contributed by atoms with Gasteiger partial charge in [0.1, 0.15) is 18.2 Å². The smallest absolute Gasteiger partial charge is 0.148 e. The fourth-order valence-electron chi connectivity index (χ4n) is 2.36. The molecule has 2 heterocycles. The minimum atomic E-state index is 0.412. The zero-order chi connectivity index (χ0) is 13.9. The first-order chi connectivity index (χ1) is 9.79. The average molecular weight is 290 g/mol. The largest absolute Gasteiger partial charge is 0.491 e. The average Bonchev–Trinajstić information content (AvgIpc) is 2.69. The van der Waals surface area contributed by atoms with Crippen LogP contribution in [0.15, 0.2) is 36.5 Å². The van der Waals surface area contributed by atoms with Gasteiger partial charge in [-0.25, -0.2) is 4.98 Å². The van der Waals surface area contributed by atoms with Crippen molar-refractivity contribution in [3.63, 3.8) is 0 Å². The summed E-state index contributed by atoms with van der Waals surface area (Å²) in [5, 5.41) is 0.634. The van der Waals surface area contributed by atoms with Crippen molar-refractivity contribution in [2.24, 2.45) is 5.73 Å². The number of pyridine rings is 1. The third-order valence-corrected chi connectivity index (χ3v) is 3.83. The monoisotopic (exact) mass is 289 g/mol. The summed E-state index contributed by atoms with van der Waals surface area (Å²) in [7, 11) is 0. The Hall–Kier alpha value is -1.78. The first-order valence-electron chi connectivity index (χ1n) is 6.58. The Balaban J connectivity index is 1.95. The second-order valence-corrected chi connectivity index (χ2v) is 5.07. The van der Waals surface area contributed by atoms with Crippen LogP contribution in [-0.4, -0.2) is 18.1 Å². The highest BCUT2D eigenvalue weighted by Crippen LogP contribution is 2.30. The molecule has 3 rings (SSSR count). The van der Waals surface area contributed by atoms with E-state index in [9.17, 15) is 0 Å². The van der Waals surface area contributed by atoms with Gasteiger partial charge >= 0.3 is 0 Å². The highest BCUT2D eigenvalue weighted by Gasteiger charge is 2.19. The number of hydrogen-bond donors (Lipinski definition) is 1. The lowest BCUT2D eigenvalue weighted by molar-refractivity contribution is 0.331. The fraction of sp³-hybridized carbons (Fsp3) is 0.267. The molecule has 20 heavy (non-hydrogen) atoms. The number of nitrogens with zero attached hydrogens (tertiary/aromatic N) is 2. The zero-order valence-corrected chi connectivity index (χ0v) is 11.8. The van der Waals surface area contributed by atoms with Gasteiger partial charge in [-0.2, -0.15) is 0 Å². The van der Waals surface area contributed by atoms with E-state index in [4.69, 9.17) is 22.1 Å². The van der Waals surface area contributed by atoms with Crippen LogP contribution >= 0.6 is 11.6 Å². The number of para-hydroxylation sites is 1. The van der Waals surface area contributed by atoms with Crippen molar-refractivity contribution in [2.45, 2.75) is 13.1 Å². The third-order valence-electron chi connectivity index (χ3n) is 3.42. The first kappa shape index (κ1) is 13.2. The molecular weight excluding hydrogens is 274 g/mol. The molecule has 0 spiro atoms. The van der Waals surface area contributed by atoms with E-state index in [1.165, 1.54) is 0 Å². The molecule has 2 aromatic rings. The Morgan fingerprint density at radius 1 is 1.30 bits per heavy atom. The molecule has 0 unspecified atom stereocenters. The summed E-state index contributed by atoms with van der Waals surface area (Å²) in [5.74, 6) is 1.70. The Kier molecular flexibility index (Phi) is 3.76. The molecule has 104 valence electrons. The van der Waals surface area contributed by atoms with Crippen LogP contribution in [-0.2, 0) is 13.1 Å². The molecule has 0 aliphatic carbocycles. The van der Waals surface area contributed by atoms with Gasteiger partial charge in [0, 0.05) is 24.8 Å². The van der Waals surface area contributed by atoms with Gasteiger partial charge in [0.05, 0.1) is 11.6 Å². The van der Waals surface area contributed by atoms with Gasteiger partial charge in [-0.05, 0) is 17.7 Å². The van der Waals surface area contributed by atoms with Crippen molar-refractivity contribution < 1.29 is 4.74 Å². The van der Waals surface area contributed by atoms with Crippen LogP contribution in [0.1, 0.15) is 11.1 Å². The van der Waals surface area contributed by atoms with Gasteiger partial charge < -0.3 is 15.4 Å². The van der Waals surface area contributed by atoms with Crippen LogP contribution in [0.5, 0.6) is 5.75 Å². The maximum atomic E-state index is 6.40. The van der Waals surface area contributed by atoms with Crippen LogP contribution in [0.2, 0.25) is 5.02 Å². The summed E-state index contributed by atoms with van der Waals surface area (Å²) in [6.45, 7) is 2.50. The predicted molar refractivity (Wildman–Crippen MR) is 80.1 cm³/mol. The van der Waals surface area contributed by atoms with Gasteiger partial charge in [0.25, 0.3) is 0 Å². The number of aromatic nitrogens is 1. The van der Waals surface area contributed by atoms with E-state index < -0.39 is 0 Å². The molecule has 1 aliphatic heterocycles. The van der Waals surface area contributed by atoms with Crippen molar-refractivity contribution in [1.29, 1.82) is 0 Å². The van der Waals surface area contributed by atoms with Crippen LogP contribution in [0, 0.1) is 0 Å². The van der Waals surface area contributed by atoms with Gasteiger partial charge in [-0.15, -0.1) is 0 Å². The van der Waals surface area contributed by atoms with Gasteiger partial charge in [0.15, 0.2) is 0 Å². The van der Waals surface area contributed by atoms with Gasteiger partial charge in [-0.3, -0.25) is 0 Å². The van der Waals surface area contributed by atoms with E-state index in [1.807, 2.05) is 24.3 Å². The Morgan fingerprint density at radius 3 is 3.00 bits per heavy atom. The Bertz CT molecular complexity index is 618. The molecule has 0 saturated carbocycles. The molecule has 0 radical (unpaired) electrons. The number of ether oxygens (including phenoxy) is 1. The Morgan fingerprint density at radius 2 is 2.15 bits per heavy atom. The fourth-order valence-corrected chi connectivity index (χ4v) is 2.66. The topological polar surface area (TPSA) is 51.4 Å². The zero-order valence-electron chi connectivity index (χ0n) is 11.1. The molecule has 0 fully saturated rings. The molecule has 1 aliphatic rings. The second-order valence-electron chi connectivity index (χ2n) is 4.69. The highest BCUT2D eigenvalue weighted by atomic mass is 35.5. The van der Waals surface area contributed by atoms with Crippen LogP contribution in [0.25, 0.3) is 0 Å². The summed E-state index contributed by atoms with van der Waals surface area (Å²) in [5.41, 5.74) is 7.75. The van der Waals surface area contributed by atoms with E-state index >= 15 is 0 Å². The first-order valence-corrected chi connectivity index (χ1v) is 6.96. The lowest BCUT2D eigenvalue weighted by Gasteiger charge is -2.22. The molecule has 5 heteroatoms. The predicted octanol–water partition coefficient (Wildman–Crippen LogP) is 2.59. The van der Waals surface area contributed by atoms with E-state index in [2.05, 4.69) is 16.0 Å². The van der Waals surface area contributed by atoms with E-state index in [-0.39, 0.29) is 0 Å². The van der Waals surface area contributed by atoms with Crippen molar-refractivity contribution in [1.82, 2.24) is 4.98 Å². The summed E-state index contributed by atoms with van der Waals surface area (Å²) in [4.78, 5) is 6.54. The molecular formula is C15H16ClN3O. The van der Waals surface area contributed by atoms with Gasteiger partial charge in [-0.1, -0.05) is 29.8 Å². The quantitative estimate of drug-likeness (QED) is 0.923. The van der Waals surface area contributed by atoms with E-state index in [1.54, 1.807) is 6.20 Å². The highest BCUT2D eigenvalue weighted by molar-refractivity contribution is 6.33. The molecule has 0 atom stereocenters. The number of halogens is 1. The van der Waals surface area contributed by atoms with Crippen molar-refractivity contribution >= 4 is 17.4 Å². The molecule has 0 amide bonds.